The molecule has 191 valence electrons. The van der Waals surface area contributed by atoms with E-state index in [4.69, 9.17) is 22.1 Å². The predicted octanol–water partition coefficient (Wildman–Crippen LogP) is 3.69. The minimum Gasteiger partial charge on any atom is -0.394 e. The molecule has 1 atom stereocenters. The van der Waals surface area contributed by atoms with Crippen molar-refractivity contribution in [2.75, 3.05) is 66.9 Å². The van der Waals surface area contributed by atoms with Gasteiger partial charge >= 0.3 is 18.1 Å². The van der Waals surface area contributed by atoms with Crippen LogP contribution in [-0.4, -0.2) is 99.4 Å². The molecule has 0 amide bonds. The Morgan fingerprint density at radius 1 is 0.875 bits per heavy atom. The predicted molar refractivity (Wildman–Crippen MR) is 138 cm³/mol. The van der Waals surface area contributed by atoms with E-state index in [1.54, 1.807) is 21.3 Å². The monoisotopic (exact) mass is 507 g/mol. The Kier molecular flexibility index (Phi) is 19.9. The third-order valence-electron chi connectivity index (χ3n) is 5.92. The smallest absolute Gasteiger partial charge is 0.394 e. The Morgan fingerprint density at radius 3 is 1.97 bits per heavy atom. The molecule has 7 nitrogen and oxygen atoms in total. The number of nitrogens with zero attached hydrogens (tertiary/aromatic N) is 1. The van der Waals surface area contributed by atoms with Crippen molar-refractivity contribution in [3.8, 4) is 0 Å². The maximum absolute atomic E-state index is 6.15. The lowest BCUT2D eigenvalue weighted by Crippen LogP contribution is -2.45. The lowest BCUT2D eigenvalue weighted by atomic mass is 10.1. The van der Waals surface area contributed by atoms with Crippen LogP contribution in [0.1, 0.15) is 66.7 Å². The zero-order valence-electron chi connectivity index (χ0n) is 22.2. The van der Waals surface area contributed by atoms with Crippen LogP contribution in [0.2, 0.25) is 10.7 Å². The van der Waals surface area contributed by atoms with Crippen LogP contribution >= 0.6 is 0 Å². The van der Waals surface area contributed by atoms with Crippen molar-refractivity contribution in [1.29, 1.82) is 0 Å². The van der Waals surface area contributed by atoms with Crippen molar-refractivity contribution in [3.63, 3.8) is 0 Å². The summed E-state index contributed by atoms with van der Waals surface area (Å²) < 4.78 is 29.0. The average Bonchev–Trinajstić information content (AvgIpc) is 2.81. The van der Waals surface area contributed by atoms with Crippen LogP contribution in [0.5, 0.6) is 0 Å². The summed E-state index contributed by atoms with van der Waals surface area (Å²) in [4.78, 5) is 2.51. The van der Waals surface area contributed by atoms with E-state index >= 15 is 0 Å². The summed E-state index contributed by atoms with van der Waals surface area (Å²) in [5, 5.41) is 3.62. The molecule has 0 bridgehead atoms. The molecule has 0 fully saturated rings. The van der Waals surface area contributed by atoms with Gasteiger partial charge in [-0.05, 0) is 65.5 Å². The standard InChI is InChI=1S/C22H51N2O5Si3/c1-9-24(10-2)19-15-13-14-17-22(5,31(28-11-3)29-12-4)30-21-23-18-16-20-32(25-6,26-7)27-8/h23H,9-21H2,1-8H3. The molecule has 1 N–H and O–H groups in total. The van der Waals surface area contributed by atoms with Crippen molar-refractivity contribution in [2.24, 2.45) is 0 Å². The normalized spacial score (nSPS) is 14.4. The Labute approximate surface area is 204 Å². The van der Waals surface area contributed by atoms with E-state index in [1.807, 2.05) is 0 Å². The van der Waals surface area contributed by atoms with Crippen LogP contribution in [0.4, 0.5) is 0 Å². The Bertz CT molecular complexity index is 418. The summed E-state index contributed by atoms with van der Waals surface area (Å²) in [5.74, 6) is 0. The topological polar surface area (TPSA) is 61.4 Å². The lowest BCUT2D eigenvalue weighted by molar-refractivity contribution is 0.123. The number of unbranched alkanes of at least 4 members (excludes halogenated alkanes) is 2. The third-order valence-corrected chi connectivity index (χ3v) is 13.6. The maximum Gasteiger partial charge on any atom is 0.500 e. The lowest BCUT2D eigenvalue weighted by Gasteiger charge is -2.34. The van der Waals surface area contributed by atoms with E-state index in [2.05, 4.69) is 44.8 Å². The van der Waals surface area contributed by atoms with E-state index in [9.17, 15) is 0 Å². The second-order valence-electron chi connectivity index (χ2n) is 8.08. The van der Waals surface area contributed by atoms with Crippen molar-refractivity contribution >= 4 is 27.6 Å². The van der Waals surface area contributed by atoms with Crippen LogP contribution in [0.25, 0.3) is 0 Å². The Balaban J connectivity index is 4.62. The molecule has 10 heteroatoms. The fourth-order valence-corrected chi connectivity index (χ4v) is 9.42. The second-order valence-corrected chi connectivity index (χ2v) is 15.7. The molecule has 0 saturated carbocycles. The fourth-order valence-electron chi connectivity index (χ4n) is 3.75. The second kappa shape index (κ2) is 19.7. The minimum absolute atomic E-state index is 0.128. The van der Waals surface area contributed by atoms with Crippen molar-refractivity contribution < 1.29 is 22.1 Å². The largest absolute Gasteiger partial charge is 0.500 e. The minimum atomic E-state index is -2.47. The number of nitrogens with one attached hydrogen (secondary N) is 1. The van der Waals surface area contributed by atoms with Crippen LogP contribution in [0.3, 0.4) is 0 Å². The van der Waals surface area contributed by atoms with Gasteiger partial charge in [-0.25, -0.2) is 0 Å². The molecule has 1 unspecified atom stereocenters. The molecule has 0 aromatic carbocycles. The van der Waals surface area contributed by atoms with Crippen LogP contribution in [-0.2, 0) is 22.1 Å². The van der Waals surface area contributed by atoms with Gasteiger partial charge in [0.25, 0.3) is 0 Å². The van der Waals surface area contributed by atoms with Crippen molar-refractivity contribution in [1.82, 2.24) is 10.2 Å². The molecular weight excluding hydrogens is 457 g/mol. The third kappa shape index (κ3) is 12.7. The zero-order chi connectivity index (χ0) is 24.3. The zero-order valence-corrected chi connectivity index (χ0v) is 25.2. The molecule has 0 aliphatic carbocycles. The molecule has 0 rings (SSSR count). The van der Waals surface area contributed by atoms with Gasteiger partial charge in [-0.3, -0.25) is 0 Å². The van der Waals surface area contributed by atoms with E-state index in [0.29, 0.717) is 0 Å². The highest BCUT2D eigenvalue weighted by Crippen LogP contribution is 2.35. The van der Waals surface area contributed by atoms with E-state index in [1.165, 1.54) is 32.2 Å². The molecule has 0 aromatic heterocycles. The number of rotatable bonds is 23. The molecule has 0 aliphatic rings. The van der Waals surface area contributed by atoms with Gasteiger partial charge in [0.15, 0.2) is 0 Å². The first-order valence-corrected chi connectivity index (χ1v) is 16.8. The van der Waals surface area contributed by atoms with Gasteiger partial charge in [0.2, 0.25) is 0 Å². The molecule has 0 spiro atoms. The summed E-state index contributed by atoms with van der Waals surface area (Å²) in [7, 11) is 2.01. The van der Waals surface area contributed by atoms with Crippen molar-refractivity contribution in [2.45, 2.75) is 77.4 Å². The SMILES string of the molecule is CCO[Si](OCC)C(C)(CCCCCN(CC)CC)[Si]CNCCC[Si](OC)(OC)OC. The van der Waals surface area contributed by atoms with Gasteiger partial charge < -0.3 is 32.3 Å². The van der Waals surface area contributed by atoms with Gasteiger partial charge in [0.1, 0.15) is 0 Å². The first-order chi connectivity index (χ1) is 15.4. The van der Waals surface area contributed by atoms with Crippen molar-refractivity contribution in [3.05, 3.63) is 0 Å². The fraction of sp³-hybridized carbons (Fsp3) is 1.00. The summed E-state index contributed by atoms with van der Waals surface area (Å²) in [6.07, 6.45) is 6.92. The highest BCUT2D eigenvalue weighted by Gasteiger charge is 2.40. The van der Waals surface area contributed by atoms with E-state index < -0.39 is 18.1 Å². The first-order valence-electron chi connectivity index (χ1n) is 12.4. The first kappa shape index (κ1) is 32.4. The van der Waals surface area contributed by atoms with Gasteiger partial charge in [-0.2, -0.15) is 0 Å². The summed E-state index contributed by atoms with van der Waals surface area (Å²) in [6, 6.07) is 0.823. The van der Waals surface area contributed by atoms with Crippen LogP contribution < -0.4 is 5.32 Å². The Hall–Kier alpha value is 0.371. The maximum atomic E-state index is 6.15. The van der Waals surface area contributed by atoms with Gasteiger partial charge in [0.05, 0.1) is 9.52 Å². The van der Waals surface area contributed by atoms with Crippen LogP contribution in [0, 0.1) is 0 Å². The molecule has 0 saturated heterocycles. The number of hydrogen-bond acceptors (Lipinski definition) is 7. The molecule has 32 heavy (non-hydrogen) atoms. The quantitative estimate of drug-likeness (QED) is 0.167. The summed E-state index contributed by atoms with van der Waals surface area (Å²) >= 11 is 0. The summed E-state index contributed by atoms with van der Waals surface area (Å²) in [6.45, 7) is 16.9. The van der Waals surface area contributed by atoms with Crippen LogP contribution in [0.15, 0.2) is 0 Å². The highest BCUT2D eigenvalue weighted by molar-refractivity contribution is 6.66. The van der Waals surface area contributed by atoms with E-state index in [-0.39, 0.29) is 4.66 Å². The Morgan fingerprint density at radius 2 is 1.47 bits per heavy atom. The van der Waals surface area contributed by atoms with E-state index in [0.717, 1.165) is 61.0 Å². The summed E-state index contributed by atoms with van der Waals surface area (Å²) in [5.41, 5.74) is 0. The van der Waals surface area contributed by atoms with Gasteiger partial charge in [-0.15, -0.1) is 0 Å². The molecule has 0 heterocycles. The molecular formula is C22H51N2O5Si3. The van der Waals surface area contributed by atoms with Gasteiger partial charge in [0, 0.05) is 45.2 Å². The molecule has 3 radical (unpaired) electrons. The number of hydrogen-bond donors (Lipinski definition) is 1. The molecule has 0 aromatic rings. The highest BCUT2D eigenvalue weighted by atomic mass is 28.4. The average molecular weight is 508 g/mol. The van der Waals surface area contributed by atoms with Gasteiger partial charge in [-0.1, -0.05) is 33.6 Å². The molecule has 0 aliphatic heterocycles.